The van der Waals surface area contributed by atoms with Crippen molar-refractivity contribution in [3.8, 4) is 0 Å². The van der Waals surface area contributed by atoms with Gasteiger partial charge < -0.3 is 11.1 Å². The van der Waals surface area contributed by atoms with Gasteiger partial charge in [-0.3, -0.25) is 13.9 Å². The minimum atomic E-state index is -3.85. The van der Waals surface area contributed by atoms with Crippen molar-refractivity contribution in [1.29, 1.82) is 0 Å². The number of carbonyl (C=O) groups excluding carboxylic acids is 2. The molecule has 0 spiro atoms. The molecular weight excluding hydrogens is 470 g/mol. The monoisotopic (exact) mass is 495 g/mol. The zero-order chi connectivity index (χ0) is 23.9. The minimum absolute atomic E-state index is 0.0532. The molecule has 0 bridgehead atoms. The van der Waals surface area contributed by atoms with Crippen molar-refractivity contribution in [1.82, 2.24) is 0 Å². The number of fused-ring (bicyclic) bond motifs is 2. The van der Waals surface area contributed by atoms with Gasteiger partial charge in [0.1, 0.15) is 5.00 Å². The van der Waals surface area contributed by atoms with Crippen LogP contribution in [0.25, 0.3) is 0 Å². The number of sulfonamides is 1. The van der Waals surface area contributed by atoms with Gasteiger partial charge in [0.15, 0.2) is 0 Å². The zero-order valence-corrected chi connectivity index (χ0v) is 20.2. The second kappa shape index (κ2) is 8.88. The molecule has 0 unspecified atom stereocenters. The van der Waals surface area contributed by atoms with Crippen molar-refractivity contribution < 1.29 is 18.0 Å². The largest absolute Gasteiger partial charge is 0.365 e. The Kier molecular flexibility index (Phi) is 5.91. The summed E-state index contributed by atoms with van der Waals surface area (Å²) < 4.78 is 28.4. The first kappa shape index (κ1) is 22.6. The second-order valence-corrected chi connectivity index (χ2v) is 11.5. The number of aryl methyl sites for hydroxylation is 2. The average molecular weight is 496 g/mol. The molecule has 1 aliphatic heterocycles. The van der Waals surface area contributed by atoms with E-state index >= 15 is 0 Å². The predicted octanol–water partition coefficient (Wildman–Crippen LogP) is 4.12. The van der Waals surface area contributed by atoms with Crippen LogP contribution in [0.3, 0.4) is 0 Å². The van der Waals surface area contributed by atoms with E-state index in [-0.39, 0.29) is 10.5 Å². The highest BCUT2D eigenvalue weighted by Gasteiger charge is 2.30. The van der Waals surface area contributed by atoms with Crippen molar-refractivity contribution in [2.24, 2.45) is 5.73 Å². The first-order chi connectivity index (χ1) is 16.4. The quantitative estimate of drug-likeness (QED) is 0.555. The molecule has 0 saturated heterocycles. The molecule has 7 nitrogen and oxygen atoms in total. The Morgan fingerprint density at radius 1 is 0.971 bits per heavy atom. The number of rotatable bonds is 5. The van der Waals surface area contributed by atoms with Crippen LogP contribution in [0, 0.1) is 0 Å². The van der Waals surface area contributed by atoms with Gasteiger partial charge in [0, 0.05) is 17.0 Å². The maximum absolute atomic E-state index is 13.5. The highest BCUT2D eigenvalue weighted by Crippen LogP contribution is 2.38. The molecule has 176 valence electrons. The number of carbonyl (C=O) groups is 2. The van der Waals surface area contributed by atoms with Gasteiger partial charge in [-0.05, 0) is 73.9 Å². The molecule has 0 fully saturated rings. The molecule has 2 aromatic carbocycles. The van der Waals surface area contributed by atoms with E-state index in [1.54, 1.807) is 12.1 Å². The van der Waals surface area contributed by atoms with E-state index in [2.05, 4.69) is 5.32 Å². The van der Waals surface area contributed by atoms with Crippen LogP contribution in [0.2, 0.25) is 0 Å². The highest BCUT2D eigenvalue weighted by molar-refractivity contribution is 7.92. The third kappa shape index (κ3) is 3.99. The topological polar surface area (TPSA) is 110 Å². The number of nitrogens with zero attached hydrogens (tertiary/aromatic N) is 1. The summed E-state index contributed by atoms with van der Waals surface area (Å²) in [6.07, 6.45) is 5.22. The highest BCUT2D eigenvalue weighted by atomic mass is 32.2. The SMILES string of the molecule is NC(=O)c1c(NC(=O)c2cccc(S(=O)(=O)N3CCCc4ccccc43)c2)sc2c1CCCC2. The lowest BCUT2D eigenvalue weighted by Crippen LogP contribution is -2.35. The van der Waals surface area contributed by atoms with E-state index in [4.69, 9.17) is 5.73 Å². The van der Waals surface area contributed by atoms with E-state index < -0.39 is 21.8 Å². The molecule has 3 N–H and O–H groups in total. The van der Waals surface area contributed by atoms with E-state index in [1.807, 2.05) is 24.3 Å². The number of nitrogens with two attached hydrogens (primary N) is 1. The lowest BCUT2D eigenvalue weighted by atomic mass is 9.95. The maximum atomic E-state index is 13.5. The average Bonchev–Trinajstić information content (AvgIpc) is 3.21. The number of anilines is 2. The van der Waals surface area contributed by atoms with E-state index in [1.165, 1.54) is 27.8 Å². The van der Waals surface area contributed by atoms with Crippen molar-refractivity contribution in [3.05, 3.63) is 75.7 Å². The molecule has 1 aliphatic carbocycles. The maximum Gasteiger partial charge on any atom is 0.264 e. The van der Waals surface area contributed by atoms with Crippen LogP contribution in [0.5, 0.6) is 0 Å². The number of hydrogen-bond acceptors (Lipinski definition) is 5. The van der Waals surface area contributed by atoms with Crippen LogP contribution in [-0.2, 0) is 29.3 Å². The Morgan fingerprint density at radius 3 is 2.59 bits per heavy atom. The predicted molar refractivity (Wildman–Crippen MR) is 133 cm³/mol. The van der Waals surface area contributed by atoms with E-state index in [0.29, 0.717) is 22.8 Å². The molecule has 34 heavy (non-hydrogen) atoms. The number of hydrogen-bond donors (Lipinski definition) is 2. The van der Waals surface area contributed by atoms with Crippen LogP contribution >= 0.6 is 11.3 Å². The number of para-hydroxylation sites is 1. The standard InChI is InChI=1S/C25H25N3O4S2/c26-23(29)22-19-11-2-4-13-21(19)33-25(22)27-24(30)17-8-5-10-18(15-17)34(31,32)28-14-6-9-16-7-1-3-12-20(16)28/h1,3,5,7-8,10,12,15H,2,4,6,9,11,13-14H2,(H2,26,29)(H,27,30). The minimum Gasteiger partial charge on any atom is -0.365 e. The fourth-order valence-corrected chi connectivity index (χ4v) is 7.64. The number of primary amides is 1. The van der Waals surface area contributed by atoms with Gasteiger partial charge in [0.05, 0.1) is 16.1 Å². The summed E-state index contributed by atoms with van der Waals surface area (Å²) in [7, 11) is -3.85. The normalized spacial score (nSPS) is 15.4. The number of benzene rings is 2. The molecule has 2 aliphatic rings. The smallest absolute Gasteiger partial charge is 0.264 e. The summed E-state index contributed by atoms with van der Waals surface area (Å²) in [6.45, 7) is 0.387. The zero-order valence-electron chi connectivity index (χ0n) is 18.5. The summed E-state index contributed by atoms with van der Waals surface area (Å²) in [5.41, 5.74) is 8.81. The Hall–Kier alpha value is -3.17. The van der Waals surface area contributed by atoms with Crippen LogP contribution < -0.4 is 15.4 Å². The second-order valence-electron chi connectivity index (χ2n) is 8.57. The summed E-state index contributed by atoms with van der Waals surface area (Å²) >= 11 is 1.38. The van der Waals surface area contributed by atoms with Crippen molar-refractivity contribution >= 4 is 43.9 Å². The molecule has 1 aromatic heterocycles. The molecule has 2 amide bonds. The summed E-state index contributed by atoms with van der Waals surface area (Å²) in [4.78, 5) is 26.3. The van der Waals surface area contributed by atoms with Crippen molar-refractivity contribution in [3.63, 3.8) is 0 Å². The van der Waals surface area contributed by atoms with E-state index in [0.717, 1.165) is 54.5 Å². The summed E-state index contributed by atoms with van der Waals surface area (Å²) in [5, 5.41) is 3.24. The lowest BCUT2D eigenvalue weighted by Gasteiger charge is -2.30. The Balaban J connectivity index is 1.45. The van der Waals surface area contributed by atoms with Gasteiger partial charge in [0.2, 0.25) is 0 Å². The molecule has 0 radical (unpaired) electrons. The Bertz CT molecular complexity index is 1390. The van der Waals surface area contributed by atoms with Crippen molar-refractivity contribution in [2.45, 2.75) is 43.4 Å². The fourth-order valence-electron chi connectivity index (χ4n) is 4.76. The van der Waals surface area contributed by atoms with Crippen LogP contribution in [0.4, 0.5) is 10.7 Å². The summed E-state index contributed by atoms with van der Waals surface area (Å²) in [6, 6.07) is 13.5. The van der Waals surface area contributed by atoms with Crippen LogP contribution in [-0.4, -0.2) is 26.8 Å². The first-order valence-corrected chi connectivity index (χ1v) is 13.6. The lowest BCUT2D eigenvalue weighted by molar-refractivity contribution is 0.100. The molecule has 5 rings (SSSR count). The Labute approximate surface area is 202 Å². The number of amides is 2. The van der Waals surface area contributed by atoms with Gasteiger partial charge in [-0.15, -0.1) is 11.3 Å². The van der Waals surface area contributed by atoms with Gasteiger partial charge in [0.25, 0.3) is 21.8 Å². The van der Waals surface area contributed by atoms with Gasteiger partial charge in [-0.1, -0.05) is 24.3 Å². The van der Waals surface area contributed by atoms with Crippen LogP contribution in [0.15, 0.2) is 53.4 Å². The number of thiophene rings is 1. The van der Waals surface area contributed by atoms with Crippen LogP contribution in [0.1, 0.15) is 56.0 Å². The third-order valence-corrected chi connectivity index (χ3v) is 9.41. The van der Waals surface area contributed by atoms with Gasteiger partial charge in [-0.2, -0.15) is 0 Å². The first-order valence-electron chi connectivity index (χ1n) is 11.3. The molecular formula is C25H25N3O4S2. The Morgan fingerprint density at radius 2 is 1.76 bits per heavy atom. The molecule has 2 heterocycles. The third-order valence-electron chi connectivity index (χ3n) is 6.40. The molecule has 0 atom stereocenters. The summed E-state index contributed by atoms with van der Waals surface area (Å²) in [5.74, 6) is -1.04. The van der Waals surface area contributed by atoms with Gasteiger partial charge >= 0.3 is 0 Å². The van der Waals surface area contributed by atoms with Crippen molar-refractivity contribution in [2.75, 3.05) is 16.2 Å². The molecule has 9 heteroatoms. The molecule has 0 saturated carbocycles. The van der Waals surface area contributed by atoms with Gasteiger partial charge in [-0.25, -0.2) is 8.42 Å². The van der Waals surface area contributed by atoms with E-state index in [9.17, 15) is 18.0 Å². The molecule has 3 aromatic rings. The fraction of sp³-hybridized carbons (Fsp3) is 0.280. The number of nitrogens with one attached hydrogen (secondary N) is 1.